The molecule has 2 heterocycles. The summed E-state index contributed by atoms with van der Waals surface area (Å²) in [6, 6.07) is 5.65. The van der Waals surface area contributed by atoms with Gasteiger partial charge in [-0.05, 0) is 37.6 Å². The number of aryl methyl sites for hydroxylation is 2. The predicted molar refractivity (Wildman–Crippen MR) is 88.0 cm³/mol. The van der Waals surface area contributed by atoms with E-state index in [0.29, 0.717) is 6.54 Å². The number of fused-ring (bicyclic) bond motifs is 1. The number of hydrogen-bond acceptors (Lipinski definition) is 5. The van der Waals surface area contributed by atoms with Crippen LogP contribution in [0.2, 0.25) is 0 Å². The molecule has 0 radical (unpaired) electrons. The van der Waals surface area contributed by atoms with Gasteiger partial charge in [-0.15, -0.1) is 11.3 Å². The van der Waals surface area contributed by atoms with Gasteiger partial charge in [-0.2, -0.15) is 0 Å². The van der Waals surface area contributed by atoms with E-state index in [2.05, 4.69) is 10.3 Å². The summed E-state index contributed by atoms with van der Waals surface area (Å²) in [6.45, 7) is 4.35. The van der Waals surface area contributed by atoms with Gasteiger partial charge in [0.1, 0.15) is 16.4 Å². The van der Waals surface area contributed by atoms with E-state index in [1.807, 2.05) is 37.4 Å². The quantitative estimate of drug-likeness (QED) is 0.775. The molecule has 2 aromatic heterocycles. The normalized spacial score (nSPS) is 11.0. The molecule has 0 atom stereocenters. The number of hydrogen-bond donors (Lipinski definition) is 2. The number of anilines is 1. The van der Waals surface area contributed by atoms with Gasteiger partial charge >= 0.3 is 0 Å². The first-order valence-electron chi connectivity index (χ1n) is 7.00. The number of nitrogens with two attached hydrogens (primary N) is 1. The molecule has 0 aliphatic rings. The van der Waals surface area contributed by atoms with Crippen LogP contribution >= 0.6 is 11.3 Å². The SMILES string of the molecule is Cc1oc2ccc(NC(=O)Cc3csc(CN)n3)cc2c1C. The minimum atomic E-state index is -0.0916. The summed E-state index contributed by atoms with van der Waals surface area (Å²) in [4.78, 5) is 16.4. The van der Waals surface area contributed by atoms with Crippen LogP contribution < -0.4 is 11.1 Å². The van der Waals surface area contributed by atoms with Gasteiger partial charge in [0.2, 0.25) is 5.91 Å². The molecule has 6 heteroatoms. The summed E-state index contributed by atoms with van der Waals surface area (Å²) in [6.07, 6.45) is 0.248. The summed E-state index contributed by atoms with van der Waals surface area (Å²) >= 11 is 1.48. The lowest BCUT2D eigenvalue weighted by molar-refractivity contribution is -0.115. The first kappa shape index (κ1) is 14.7. The third-order valence-corrected chi connectivity index (χ3v) is 4.49. The molecular weight excluding hydrogens is 298 g/mol. The number of thiazole rings is 1. The zero-order valence-corrected chi connectivity index (χ0v) is 13.3. The van der Waals surface area contributed by atoms with Gasteiger partial charge in [0.25, 0.3) is 0 Å². The molecule has 0 saturated heterocycles. The molecule has 0 unspecified atom stereocenters. The molecule has 1 amide bonds. The molecule has 1 aromatic carbocycles. The molecule has 22 heavy (non-hydrogen) atoms. The standard InChI is InChI=1S/C16H17N3O2S/c1-9-10(2)21-14-4-3-11(5-13(9)14)18-15(20)6-12-8-22-16(7-17)19-12/h3-5,8H,6-7,17H2,1-2H3,(H,18,20). The fraction of sp³-hybridized carbons (Fsp3) is 0.250. The summed E-state index contributed by atoms with van der Waals surface area (Å²) in [5.41, 5.74) is 8.96. The van der Waals surface area contributed by atoms with E-state index in [-0.39, 0.29) is 12.3 Å². The van der Waals surface area contributed by atoms with Crippen molar-refractivity contribution in [3.8, 4) is 0 Å². The first-order chi connectivity index (χ1) is 10.6. The van der Waals surface area contributed by atoms with Crippen molar-refractivity contribution in [2.75, 3.05) is 5.32 Å². The van der Waals surface area contributed by atoms with Crippen molar-refractivity contribution in [3.63, 3.8) is 0 Å². The van der Waals surface area contributed by atoms with Crippen LogP contribution in [-0.2, 0) is 17.8 Å². The Bertz CT molecular complexity index is 835. The van der Waals surface area contributed by atoms with Crippen molar-refractivity contribution in [1.29, 1.82) is 0 Å². The van der Waals surface area contributed by atoms with E-state index in [1.165, 1.54) is 11.3 Å². The molecule has 0 fully saturated rings. The maximum absolute atomic E-state index is 12.1. The number of furan rings is 1. The van der Waals surface area contributed by atoms with Crippen molar-refractivity contribution >= 4 is 33.9 Å². The van der Waals surface area contributed by atoms with Crippen LogP contribution in [0.3, 0.4) is 0 Å². The number of benzene rings is 1. The summed E-state index contributed by atoms with van der Waals surface area (Å²) in [5, 5.41) is 6.63. The number of amides is 1. The Balaban J connectivity index is 1.74. The van der Waals surface area contributed by atoms with Gasteiger partial charge in [0.15, 0.2) is 0 Å². The molecule has 5 nitrogen and oxygen atoms in total. The Labute approximate surface area is 132 Å². The molecule has 3 aromatic rings. The molecule has 3 rings (SSSR count). The number of nitrogens with zero attached hydrogens (tertiary/aromatic N) is 1. The Hall–Kier alpha value is -2.18. The maximum Gasteiger partial charge on any atom is 0.230 e. The topological polar surface area (TPSA) is 81.2 Å². The molecule has 0 aliphatic heterocycles. The van der Waals surface area contributed by atoms with Crippen LogP contribution in [0.15, 0.2) is 28.0 Å². The van der Waals surface area contributed by atoms with Crippen LogP contribution in [0, 0.1) is 13.8 Å². The lowest BCUT2D eigenvalue weighted by atomic mass is 10.1. The lowest BCUT2D eigenvalue weighted by Gasteiger charge is -2.04. The van der Waals surface area contributed by atoms with Gasteiger partial charge < -0.3 is 15.5 Å². The van der Waals surface area contributed by atoms with Gasteiger partial charge in [-0.3, -0.25) is 4.79 Å². The van der Waals surface area contributed by atoms with Gasteiger partial charge in [0.05, 0.1) is 12.1 Å². The molecule has 114 valence electrons. The summed E-state index contributed by atoms with van der Waals surface area (Å²) < 4.78 is 5.64. The molecule has 0 spiro atoms. The minimum Gasteiger partial charge on any atom is -0.461 e. The number of carbonyl (C=O) groups is 1. The highest BCUT2D eigenvalue weighted by molar-refractivity contribution is 7.09. The van der Waals surface area contributed by atoms with Gasteiger partial charge in [-0.1, -0.05) is 0 Å². The second-order valence-electron chi connectivity index (χ2n) is 5.16. The average Bonchev–Trinajstić information content (AvgIpc) is 3.05. The molecule has 0 aliphatic carbocycles. The minimum absolute atomic E-state index is 0.0916. The third-order valence-electron chi connectivity index (χ3n) is 3.57. The smallest absolute Gasteiger partial charge is 0.230 e. The van der Waals surface area contributed by atoms with E-state index in [4.69, 9.17) is 10.2 Å². The van der Waals surface area contributed by atoms with Gasteiger partial charge in [0, 0.05) is 23.0 Å². The second-order valence-corrected chi connectivity index (χ2v) is 6.10. The third kappa shape index (κ3) is 2.88. The Kier molecular flexibility index (Phi) is 3.96. The number of carbonyl (C=O) groups excluding carboxylic acids is 1. The van der Waals surface area contributed by atoms with Crippen molar-refractivity contribution in [3.05, 3.63) is 45.6 Å². The van der Waals surface area contributed by atoms with E-state index in [1.54, 1.807) is 0 Å². The second kappa shape index (κ2) is 5.90. The van der Waals surface area contributed by atoms with E-state index < -0.39 is 0 Å². The van der Waals surface area contributed by atoms with Crippen molar-refractivity contribution in [2.45, 2.75) is 26.8 Å². The summed E-state index contributed by atoms with van der Waals surface area (Å²) in [5.74, 6) is 0.807. The Morgan fingerprint density at radius 2 is 2.23 bits per heavy atom. The van der Waals surface area contributed by atoms with E-state index >= 15 is 0 Å². The van der Waals surface area contributed by atoms with Crippen molar-refractivity contribution < 1.29 is 9.21 Å². The zero-order valence-electron chi connectivity index (χ0n) is 12.5. The average molecular weight is 315 g/mol. The van der Waals surface area contributed by atoms with E-state index in [9.17, 15) is 4.79 Å². The Morgan fingerprint density at radius 3 is 2.95 bits per heavy atom. The van der Waals surface area contributed by atoms with Crippen LogP contribution in [-0.4, -0.2) is 10.9 Å². The fourth-order valence-corrected chi connectivity index (χ4v) is 2.99. The fourth-order valence-electron chi connectivity index (χ4n) is 2.31. The maximum atomic E-state index is 12.1. The Morgan fingerprint density at radius 1 is 1.41 bits per heavy atom. The highest BCUT2D eigenvalue weighted by Crippen LogP contribution is 2.27. The molecular formula is C16H17N3O2S. The zero-order chi connectivity index (χ0) is 15.7. The van der Waals surface area contributed by atoms with Crippen LogP contribution in [0.4, 0.5) is 5.69 Å². The highest BCUT2D eigenvalue weighted by Gasteiger charge is 2.10. The molecule has 0 saturated carbocycles. The predicted octanol–water partition coefficient (Wildman–Crippen LogP) is 3.15. The summed E-state index contributed by atoms with van der Waals surface area (Å²) in [7, 11) is 0. The molecule has 3 N–H and O–H groups in total. The molecule has 0 bridgehead atoms. The lowest BCUT2D eigenvalue weighted by Crippen LogP contribution is -2.14. The van der Waals surface area contributed by atoms with Crippen LogP contribution in [0.5, 0.6) is 0 Å². The van der Waals surface area contributed by atoms with Crippen LogP contribution in [0.25, 0.3) is 11.0 Å². The number of rotatable bonds is 4. The highest BCUT2D eigenvalue weighted by atomic mass is 32.1. The van der Waals surface area contributed by atoms with E-state index in [0.717, 1.165) is 38.7 Å². The monoisotopic (exact) mass is 315 g/mol. The largest absolute Gasteiger partial charge is 0.461 e. The first-order valence-corrected chi connectivity index (χ1v) is 7.87. The number of nitrogens with one attached hydrogen (secondary N) is 1. The van der Waals surface area contributed by atoms with Crippen molar-refractivity contribution in [1.82, 2.24) is 4.98 Å². The van der Waals surface area contributed by atoms with Crippen molar-refractivity contribution in [2.24, 2.45) is 5.73 Å². The number of aromatic nitrogens is 1. The van der Waals surface area contributed by atoms with Crippen LogP contribution in [0.1, 0.15) is 22.0 Å². The van der Waals surface area contributed by atoms with Gasteiger partial charge in [-0.25, -0.2) is 4.98 Å².